The molecule has 6 heteroatoms. The van der Waals surface area contributed by atoms with E-state index in [4.69, 9.17) is 4.43 Å². The van der Waals surface area contributed by atoms with Gasteiger partial charge in [-0.15, -0.1) is 47.0 Å². The minimum atomic E-state index is -1.67. The van der Waals surface area contributed by atoms with E-state index in [1.807, 2.05) is 0 Å². The predicted molar refractivity (Wildman–Crippen MR) is 132 cm³/mol. The Hall–Kier alpha value is 1.58. The third-order valence-corrected chi connectivity index (χ3v) is 16.3. The molecule has 0 bridgehead atoms. The van der Waals surface area contributed by atoms with Gasteiger partial charge >= 0.3 is 0 Å². The van der Waals surface area contributed by atoms with E-state index in [1.165, 1.54) is 68.0 Å². The first kappa shape index (κ1) is 23.9. The molecule has 0 aromatic carbocycles. The molecule has 0 aromatic heterocycles. The Bertz CT molecular complexity index is 388. The molecule has 2 heterocycles. The fourth-order valence-electron chi connectivity index (χ4n) is 3.09. The van der Waals surface area contributed by atoms with E-state index >= 15 is 0 Å². The van der Waals surface area contributed by atoms with E-state index in [1.54, 1.807) is 0 Å². The molecule has 154 valence electrons. The Kier molecular flexibility index (Phi) is 10.7. The number of hydrogen-bond acceptors (Lipinski definition) is 5. The lowest BCUT2D eigenvalue weighted by molar-refractivity contribution is 0.162. The van der Waals surface area contributed by atoms with Crippen molar-refractivity contribution in [1.29, 1.82) is 0 Å². The largest absolute Gasteiger partial charge is 0.414 e. The maximum atomic E-state index is 6.90. The molecule has 2 aliphatic rings. The number of hydrogen-bond donors (Lipinski definition) is 0. The Morgan fingerprint density at radius 1 is 0.885 bits per heavy atom. The molecule has 2 rings (SSSR count). The lowest BCUT2D eigenvalue weighted by Crippen LogP contribution is -2.44. The SMILES string of the molecule is CC(C)(C)[Si](C)(C)OC(CCCCC1SCCCS1)CC1SCCCS1. The van der Waals surface area contributed by atoms with Gasteiger partial charge in [0.1, 0.15) is 0 Å². The molecule has 2 saturated heterocycles. The molecule has 0 aromatic rings. The molecule has 0 amide bonds. The van der Waals surface area contributed by atoms with Gasteiger partial charge in [-0.1, -0.05) is 33.6 Å². The van der Waals surface area contributed by atoms with Gasteiger partial charge in [0, 0.05) is 6.10 Å². The van der Waals surface area contributed by atoms with E-state index in [2.05, 4.69) is 80.9 Å². The van der Waals surface area contributed by atoms with Gasteiger partial charge in [-0.25, -0.2) is 0 Å². The molecule has 0 N–H and O–H groups in total. The zero-order chi connectivity index (χ0) is 19.0. The zero-order valence-corrected chi connectivity index (χ0v) is 21.8. The van der Waals surface area contributed by atoms with E-state index in [-0.39, 0.29) is 0 Å². The van der Waals surface area contributed by atoms with Gasteiger partial charge in [0.25, 0.3) is 0 Å². The van der Waals surface area contributed by atoms with E-state index < -0.39 is 8.32 Å². The fraction of sp³-hybridized carbons (Fsp3) is 1.00. The van der Waals surface area contributed by atoms with Crippen molar-refractivity contribution in [3.63, 3.8) is 0 Å². The normalized spacial score (nSPS) is 22.5. The topological polar surface area (TPSA) is 9.23 Å². The Labute approximate surface area is 181 Å². The molecule has 0 aliphatic carbocycles. The summed E-state index contributed by atoms with van der Waals surface area (Å²) >= 11 is 8.75. The quantitative estimate of drug-likeness (QED) is 0.261. The molecule has 0 saturated carbocycles. The molecule has 2 fully saturated rings. The third kappa shape index (κ3) is 8.52. The Morgan fingerprint density at radius 3 is 1.96 bits per heavy atom. The van der Waals surface area contributed by atoms with Crippen LogP contribution in [0, 0.1) is 0 Å². The van der Waals surface area contributed by atoms with Crippen LogP contribution in [0.3, 0.4) is 0 Å². The van der Waals surface area contributed by atoms with Crippen LogP contribution in [0.1, 0.15) is 65.7 Å². The van der Waals surface area contributed by atoms with Crippen LogP contribution in [-0.2, 0) is 4.43 Å². The predicted octanol–water partition coefficient (Wildman–Crippen LogP) is 7.72. The summed E-state index contributed by atoms with van der Waals surface area (Å²) in [6.45, 7) is 12.0. The van der Waals surface area contributed by atoms with E-state index in [0.717, 1.165) is 9.16 Å². The van der Waals surface area contributed by atoms with Gasteiger partial charge < -0.3 is 4.43 Å². The summed E-state index contributed by atoms with van der Waals surface area (Å²) in [5, 5.41) is 0.313. The van der Waals surface area contributed by atoms with Gasteiger partial charge in [0.05, 0.1) is 9.16 Å². The summed E-state index contributed by atoms with van der Waals surface area (Å²) in [7, 11) is -1.67. The summed E-state index contributed by atoms with van der Waals surface area (Å²) in [4.78, 5) is 0. The second kappa shape index (κ2) is 11.7. The lowest BCUT2D eigenvalue weighted by Gasteiger charge is -2.40. The first-order valence-electron chi connectivity index (χ1n) is 10.4. The van der Waals surface area contributed by atoms with Gasteiger partial charge in [0.2, 0.25) is 0 Å². The smallest absolute Gasteiger partial charge is 0.192 e. The van der Waals surface area contributed by atoms with Crippen LogP contribution in [0.2, 0.25) is 18.1 Å². The van der Waals surface area contributed by atoms with Crippen LogP contribution in [0.15, 0.2) is 0 Å². The Morgan fingerprint density at radius 2 is 1.42 bits per heavy atom. The summed E-state index contributed by atoms with van der Waals surface area (Å²) in [6, 6.07) is 0. The van der Waals surface area contributed by atoms with Crippen molar-refractivity contribution in [2.45, 2.75) is 99.1 Å². The average Bonchev–Trinajstić information content (AvgIpc) is 2.59. The van der Waals surface area contributed by atoms with Crippen molar-refractivity contribution in [2.24, 2.45) is 0 Å². The van der Waals surface area contributed by atoms with Crippen molar-refractivity contribution < 1.29 is 4.43 Å². The molecule has 0 radical (unpaired) electrons. The molecular formula is C20H40OS4Si. The number of rotatable bonds is 9. The second-order valence-corrected chi connectivity index (χ2v) is 19.7. The number of thioether (sulfide) groups is 4. The van der Waals surface area contributed by atoms with Crippen LogP contribution in [-0.4, -0.2) is 46.6 Å². The minimum Gasteiger partial charge on any atom is -0.414 e. The second-order valence-electron chi connectivity index (χ2n) is 9.07. The van der Waals surface area contributed by atoms with Crippen molar-refractivity contribution in [3.05, 3.63) is 0 Å². The van der Waals surface area contributed by atoms with Crippen LogP contribution >= 0.6 is 47.0 Å². The van der Waals surface area contributed by atoms with Crippen LogP contribution in [0.25, 0.3) is 0 Å². The van der Waals surface area contributed by atoms with Gasteiger partial charge in [-0.3, -0.25) is 0 Å². The standard InChI is InChI=1S/C20H40OS4Si/c1-20(2,3)26(4,5)21-17(16-19-24-14-9-15-25-19)10-6-7-11-18-22-12-8-13-23-18/h17-19H,6-16H2,1-5H3. The maximum Gasteiger partial charge on any atom is 0.192 e. The first-order valence-corrected chi connectivity index (χ1v) is 17.5. The summed E-state index contributed by atoms with van der Waals surface area (Å²) in [5.41, 5.74) is 0. The minimum absolute atomic E-state index is 0.313. The highest BCUT2D eigenvalue weighted by Gasteiger charge is 2.39. The molecule has 2 aliphatic heterocycles. The van der Waals surface area contributed by atoms with Crippen LogP contribution < -0.4 is 0 Å². The van der Waals surface area contributed by atoms with E-state index in [0.29, 0.717) is 11.1 Å². The van der Waals surface area contributed by atoms with Crippen molar-refractivity contribution >= 4 is 55.4 Å². The van der Waals surface area contributed by atoms with Crippen LogP contribution in [0.5, 0.6) is 0 Å². The van der Waals surface area contributed by atoms with Crippen molar-refractivity contribution in [2.75, 3.05) is 23.0 Å². The summed E-state index contributed by atoms with van der Waals surface area (Å²) < 4.78 is 8.53. The van der Waals surface area contributed by atoms with E-state index in [9.17, 15) is 0 Å². The average molecular weight is 453 g/mol. The number of unbranched alkanes of at least 4 members (excludes halogenated alkanes) is 1. The molecule has 26 heavy (non-hydrogen) atoms. The molecule has 1 atom stereocenters. The summed E-state index contributed by atoms with van der Waals surface area (Å²) in [5.74, 6) is 5.46. The zero-order valence-electron chi connectivity index (χ0n) is 17.6. The molecule has 1 nitrogen and oxygen atoms in total. The lowest BCUT2D eigenvalue weighted by atomic mass is 10.1. The van der Waals surface area contributed by atoms with Crippen molar-refractivity contribution in [3.8, 4) is 0 Å². The Balaban J connectivity index is 1.80. The third-order valence-electron chi connectivity index (χ3n) is 5.73. The van der Waals surface area contributed by atoms with Crippen LogP contribution in [0.4, 0.5) is 0 Å². The highest BCUT2D eigenvalue weighted by Crippen LogP contribution is 2.41. The molecular weight excluding hydrogens is 413 g/mol. The maximum absolute atomic E-state index is 6.90. The first-order chi connectivity index (χ1) is 12.3. The monoisotopic (exact) mass is 452 g/mol. The highest BCUT2D eigenvalue weighted by molar-refractivity contribution is 8.17. The van der Waals surface area contributed by atoms with Gasteiger partial charge in [0.15, 0.2) is 8.32 Å². The molecule has 0 spiro atoms. The van der Waals surface area contributed by atoms with Gasteiger partial charge in [-0.2, -0.15) is 0 Å². The summed E-state index contributed by atoms with van der Waals surface area (Å²) in [6.07, 6.45) is 9.93. The fourth-order valence-corrected chi connectivity index (χ4v) is 10.4. The van der Waals surface area contributed by atoms with Gasteiger partial charge in [-0.05, 0) is 73.2 Å². The van der Waals surface area contributed by atoms with Crippen molar-refractivity contribution in [1.82, 2.24) is 0 Å². The molecule has 1 unspecified atom stereocenters. The highest BCUT2D eigenvalue weighted by atomic mass is 32.2.